The Morgan fingerprint density at radius 1 is 0.974 bits per heavy atom. The van der Waals surface area contributed by atoms with E-state index in [9.17, 15) is 9.59 Å². The first-order valence-corrected chi connectivity index (χ1v) is 30.0. The van der Waals surface area contributed by atoms with Crippen molar-refractivity contribution in [3.63, 3.8) is 0 Å². The van der Waals surface area contributed by atoms with Gasteiger partial charge in [0.15, 0.2) is 0 Å². The predicted molar refractivity (Wildman–Crippen MR) is 298 cm³/mol. The number of esters is 1. The standard InChI is InChI=1S/C59H81N11O6S/c1-7-69-47-17-16-39-27-41(47)43(53(69)42-28-40(31-60-49(42)36(2)75-6)66-25-23-65(5)24-26-66)30-58(3,4)35-76-57(74)44-13-10-20-70(64-44)55(72)45(29-48-61-46(39)32-77-48)62-54(71)52(38-11-8-9-12-38)67-21-18-59(33-67)19-22-68(34-59)56(73)51-50(63-51)37-14-15-37/h16-17,27-28,31-32,36-38,44-45,50-52,63-64H,7-15,18-26,29-30,33-35H2,1-6H3,(H,62,71)/t36-,44-,45-,50+,51+,52-,59-/m0/s1. The van der Waals surface area contributed by atoms with Gasteiger partial charge in [-0.15, -0.1) is 11.3 Å². The van der Waals surface area contributed by atoms with Crippen LogP contribution in [-0.4, -0.2) is 168 Å². The number of ether oxygens (including phenoxy) is 2. The third-order valence-corrected chi connectivity index (χ3v) is 19.7. The minimum Gasteiger partial charge on any atom is -0.464 e. The van der Waals surface area contributed by atoms with Crippen molar-refractivity contribution < 1.29 is 28.7 Å². The molecule has 414 valence electrons. The molecular formula is C59H81N11O6S. The van der Waals surface area contributed by atoms with E-state index in [1.165, 1.54) is 24.2 Å². The summed E-state index contributed by atoms with van der Waals surface area (Å²) in [6.07, 6.45) is 12.1. The van der Waals surface area contributed by atoms with Gasteiger partial charge in [-0.2, -0.15) is 0 Å². The summed E-state index contributed by atoms with van der Waals surface area (Å²) in [6.45, 7) is 16.7. The van der Waals surface area contributed by atoms with Crippen molar-refractivity contribution >= 4 is 51.6 Å². The van der Waals surface area contributed by atoms with E-state index in [4.69, 9.17) is 19.4 Å². The number of cyclic esters (lactones) is 1. The number of aromatic nitrogens is 3. The van der Waals surface area contributed by atoms with Gasteiger partial charge in [-0.25, -0.2) is 10.4 Å². The highest BCUT2D eigenvalue weighted by atomic mass is 32.1. The number of hydrogen-bond acceptors (Lipinski definition) is 14. The highest BCUT2D eigenvalue weighted by Gasteiger charge is 2.55. The number of anilines is 1. The lowest BCUT2D eigenvalue weighted by Crippen LogP contribution is -2.62. The van der Waals surface area contributed by atoms with Crippen molar-refractivity contribution in [1.82, 2.24) is 50.3 Å². The Morgan fingerprint density at radius 2 is 1.77 bits per heavy atom. The number of nitrogens with zero attached hydrogens (tertiary/aromatic N) is 8. The molecule has 4 aromatic rings. The van der Waals surface area contributed by atoms with Crippen LogP contribution in [0.3, 0.4) is 0 Å². The Bertz CT molecular complexity index is 2890. The number of pyridine rings is 1. The molecule has 0 radical (unpaired) electrons. The van der Waals surface area contributed by atoms with Crippen LogP contribution >= 0.6 is 11.3 Å². The average molecular weight is 1070 g/mol. The Kier molecular flexibility index (Phi) is 14.5. The number of carbonyl (C=O) groups excluding carboxylic acids is 4. The number of nitrogens with one attached hydrogen (secondary N) is 3. The van der Waals surface area contributed by atoms with Crippen LogP contribution in [0, 0.1) is 22.7 Å². The van der Waals surface area contributed by atoms with Crippen LogP contribution in [0.2, 0.25) is 0 Å². The predicted octanol–water partition coefficient (Wildman–Crippen LogP) is 6.19. The number of benzene rings is 1. The second-order valence-corrected chi connectivity index (χ2v) is 25.9. The van der Waals surface area contributed by atoms with Crippen molar-refractivity contribution in [2.75, 3.05) is 84.6 Å². The molecule has 8 aliphatic rings. The molecule has 2 saturated carbocycles. The monoisotopic (exact) mass is 1070 g/mol. The van der Waals surface area contributed by atoms with Gasteiger partial charge in [0.25, 0.3) is 5.91 Å². The van der Waals surface area contributed by atoms with Gasteiger partial charge in [0.05, 0.1) is 52.7 Å². The summed E-state index contributed by atoms with van der Waals surface area (Å²) < 4.78 is 14.7. The molecule has 3 N–H and O–H groups in total. The van der Waals surface area contributed by atoms with E-state index in [1.54, 1.807) is 12.1 Å². The normalized spacial score (nSPS) is 28.3. The zero-order valence-corrected chi connectivity index (χ0v) is 47.1. The van der Waals surface area contributed by atoms with Gasteiger partial charge >= 0.3 is 5.97 Å². The van der Waals surface area contributed by atoms with Crippen LogP contribution in [0.15, 0.2) is 35.8 Å². The Morgan fingerprint density at radius 3 is 2.53 bits per heavy atom. The molecular weight excluding hydrogens is 991 g/mol. The number of carbonyl (C=O) groups is 4. The van der Waals surface area contributed by atoms with Crippen LogP contribution in [-0.2, 0) is 48.0 Å². The fourth-order valence-electron chi connectivity index (χ4n) is 14.1. The fraction of sp³-hybridized carbons (Fsp3) is 0.661. The maximum absolute atomic E-state index is 15.2. The van der Waals surface area contributed by atoms with Crippen molar-refractivity contribution in [2.45, 2.75) is 148 Å². The van der Waals surface area contributed by atoms with E-state index in [1.807, 2.05) is 6.20 Å². The van der Waals surface area contributed by atoms with Crippen LogP contribution in [0.25, 0.3) is 33.4 Å². The van der Waals surface area contributed by atoms with Gasteiger partial charge in [-0.1, -0.05) is 32.8 Å². The third kappa shape index (κ3) is 10.6. The van der Waals surface area contributed by atoms with E-state index in [0.29, 0.717) is 44.3 Å². The molecule has 9 heterocycles. The number of hydrazine groups is 1. The summed E-state index contributed by atoms with van der Waals surface area (Å²) in [6, 6.07) is 7.20. The molecule has 3 amide bonds. The lowest BCUT2D eigenvalue weighted by molar-refractivity contribution is -0.155. The fourth-order valence-corrected chi connectivity index (χ4v) is 15.0. The highest BCUT2D eigenvalue weighted by Crippen LogP contribution is 2.46. The van der Waals surface area contributed by atoms with Gasteiger partial charge in [0.1, 0.15) is 18.1 Å². The van der Waals surface area contributed by atoms with Crippen LogP contribution in [0.4, 0.5) is 5.69 Å². The smallest absolute Gasteiger partial charge is 0.324 e. The van der Waals surface area contributed by atoms with Gasteiger partial charge in [0.2, 0.25) is 11.8 Å². The number of aryl methyl sites for hydroxylation is 1. The third-order valence-electron chi connectivity index (χ3n) is 18.8. The topological polar surface area (TPSA) is 180 Å². The van der Waals surface area contributed by atoms with Crippen molar-refractivity contribution in [3.8, 4) is 22.5 Å². The Labute approximate surface area is 458 Å². The molecule has 1 aromatic carbocycles. The zero-order valence-electron chi connectivity index (χ0n) is 46.3. The van der Waals surface area contributed by atoms with Gasteiger partial charge < -0.3 is 34.1 Å². The first-order chi connectivity index (χ1) is 37.2. The molecule has 3 aromatic heterocycles. The summed E-state index contributed by atoms with van der Waals surface area (Å²) in [5.74, 6) is 0.283. The molecule has 7 fully saturated rings. The lowest BCUT2D eigenvalue weighted by Gasteiger charge is -2.37. The van der Waals surface area contributed by atoms with E-state index in [2.05, 4.69) is 105 Å². The van der Waals surface area contributed by atoms with Crippen molar-refractivity contribution in [3.05, 3.63) is 52.1 Å². The summed E-state index contributed by atoms with van der Waals surface area (Å²) in [4.78, 5) is 77.8. The number of fused-ring (bicyclic) bond motifs is 6. The minimum atomic E-state index is -0.929. The van der Waals surface area contributed by atoms with E-state index < -0.39 is 23.5 Å². The Balaban J connectivity index is 0.873. The number of amides is 3. The van der Waals surface area contributed by atoms with E-state index in [0.717, 1.165) is 146 Å². The molecule has 17 nitrogen and oxygen atoms in total. The van der Waals surface area contributed by atoms with Gasteiger partial charge in [0, 0.05) is 117 Å². The molecule has 12 rings (SSSR count). The maximum Gasteiger partial charge on any atom is 0.324 e. The highest BCUT2D eigenvalue weighted by molar-refractivity contribution is 7.10. The number of hydrogen-bond donors (Lipinski definition) is 3. The molecule has 2 aliphatic carbocycles. The molecule has 77 heavy (non-hydrogen) atoms. The largest absolute Gasteiger partial charge is 0.464 e. The SMILES string of the molecule is CCn1c(-c2cc(N3CCN(C)CC3)cnc2[C@H](C)OC)c2c3cc(ccc31)-c1csc(n1)C[C@H](NC(=O)[C@H](C1CCCC1)N1CC[C@]3(CCN(C(=O)[C@@H]4N[C@@H]4C4CC4)C3)C1)C(=O)N1CCC[C@H](N1)C(=O)OCC(C)(C)C2. The van der Waals surface area contributed by atoms with E-state index in [-0.39, 0.29) is 60.3 Å². The maximum atomic E-state index is 15.2. The summed E-state index contributed by atoms with van der Waals surface area (Å²) in [7, 11) is 3.91. The Hall–Kier alpha value is -4.98. The number of likely N-dealkylation sites (N-methyl/N-ethyl adjacent to an activating group) is 1. The van der Waals surface area contributed by atoms with Crippen LogP contribution < -0.4 is 21.0 Å². The number of thiazole rings is 1. The molecule has 7 atom stereocenters. The van der Waals surface area contributed by atoms with Crippen LogP contribution in [0.5, 0.6) is 0 Å². The lowest BCUT2D eigenvalue weighted by atomic mass is 9.84. The van der Waals surface area contributed by atoms with E-state index >= 15 is 9.59 Å². The first kappa shape index (κ1) is 52.7. The molecule has 6 aliphatic heterocycles. The number of rotatable bonds is 11. The van der Waals surface area contributed by atoms with Crippen LogP contribution in [0.1, 0.15) is 114 Å². The minimum absolute atomic E-state index is 0.0270. The molecule has 18 heteroatoms. The molecule has 0 unspecified atom stereocenters. The van der Waals surface area contributed by atoms with Crippen molar-refractivity contribution in [1.29, 1.82) is 0 Å². The zero-order chi connectivity index (χ0) is 53.3. The quantitative estimate of drug-likeness (QED) is 0.115. The summed E-state index contributed by atoms with van der Waals surface area (Å²) in [5.41, 5.74) is 10.8. The van der Waals surface area contributed by atoms with Gasteiger partial charge in [-0.3, -0.25) is 39.4 Å². The second-order valence-electron chi connectivity index (χ2n) is 25.0. The number of methoxy groups -OCH3 is 1. The molecule has 5 saturated heterocycles. The number of piperazine rings is 1. The van der Waals surface area contributed by atoms with Crippen molar-refractivity contribution in [2.24, 2.45) is 22.7 Å². The molecule has 1 spiro atoms. The average Bonchev–Trinajstić information content (AvgIpc) is 4.22. The first-order valence-electron chi connectivity index (χ1n) is 29.1. The van der Waals surface area contributed by atoms with Gasteiger partial charge in [-0.05, 0) is 121 Å². The molecule has 6 bridgehead atoms. The second kappa shape index (κ2) is 21.2. The summed E-state index contributed by atoms with van der Waals surface area (Å²) >= 11 is 1.51. The summed E-state index contributed by atoms with van der Waals surface area (Å²) in [5, 5.41) is 12.3. The number of likely N-dealkylation sites (tertiary alicyclic amines) is 2.